The van der Waals surface area contributed by atoms with E-state index in [1.54, 1.807) is 0 Å². The Morgan fingerprint density at radius 3 is 2.73 bits per heavy atom. The Labute approximate surface area is 92.6 Å². The summed E-state index contributed by atoms with van der Waals surface area (Å²) in [4.78, 5) is 2.52. The van der Waals surface area contributed by atoms with E-state index in [9.17, 15) is 0 Å². The molecule has 0 saturated carbocycles. The summed E-state index contributed by atoms with van der Waals surface area (Å²) < 4.78 is 5.75. The third kappa shape index (κ3) is 3.71. The third-order valence-electron chi connectivity index (χ3n) is 3.11. The average molecular weight is 207 g/mol. The Bertz CT molecular complexity index is 239. The summed E-state index contributed by atoms with van der Waals surface area (Å²) in [5.41, 5.74) is 0. The normalized spacial score (nSPS) is 22.5. The molecular weight excluding hydrogens is 186 g/mol. The van der Waals surface area contributed by atoms with Crippen LogP contribution in [0.3, 0.4) is 0 Å². The summed E-state index contributed by atoms with van der Waals surface area (Å²) in [5, 5.41) is 0. The van der Waals surface area contributed by atoms with Crippen LogP contribution in [0.15, 0.2) is 24.0 Å². The first-order valence-corrected chi connectivity index (χ1v) is 6.14. The molecule has 0 N–H and O–H groups in total. The first-order chi connectivity index (χ1) is 7.45. The highest BCUT2D eigenvalue weighted by Crippen LogP contribution is 2.13. The molecule has 2 rings (SSSR count). The zero-order valence-electron chi connectivity index (χ0n) is 9.45. The Hall–Kier alpha value is -0.760. The maximum absolute atomic E-state index is 5.75. The Morgan fingerprint density at radius 1 is 1.13 bits per heavy atom. The molecule has 0 unspecified atom stereocenters. The van der Waals surface area contributed by atoms with Crippen LogP contribution in [0.4, 0.5) is 0 Å². The van der Waals surface area contributed by atoms with E-state index in [2.05, 4.69) is 23.1 Å². The largest absolute Gasteiger partial charge is 0.497 e. The van der Waals surface area contributed by atoms with E-state index in [1.165, 1.54) is 32.4 Å². The van der Waals surface area contributed by atoms with Gasteiger partial charge in [-0.05, 0) is 38.4 Å². The van der Waals surface area contributed by atoms with Crippen LogP contribution in [-0.2, 0) is 4.74 Å². The van der Waals surface area contributed by atoms with Gasteiger partial charge in [0, 0.05) is 13.0 Å². The molecule has 0 bridgehead atoms. The van der Waals surface area contributed by atoms with Gasteiger partial charge in [-0.2, -0.15) is 0 Å². The summed E-state index contributed by atoms with van der Waals surface area (Å²) in [5.74, 6) is 1.16. The van der Waals surface area contributed by atoms with Crippen molar-refractivity contribution >= 4 is 0 Å². The summed E-state index contributed by atoms with van der Waals surface area (Å²) in [7, 11) is 0. The molecule has 15 heavy (non-hydrogen) atoms. The lowest BCUT2D eigenvalue weighted by molar-refractivity contribution is 0.140. The van der Waals surface area contributed by atoms with Crippen LogP contribution in [0.5, 0.6) is 0 Å². The van der Waals surface area contributed by atoms with E-state index in [0.717, 1.165) is 31.8 Å². The molecule has 1 fully saturated rings. The second kappa shape index (κ2) is 5.96. The first kappa shape index (κ1) is 10.7. The van der Waals surface area contributed by atoms with Gasteiger partial charge in [0.1, 0.15) is 6.61 Å². The molecule has 0 radical (unpaired) electrons. The van der Waals surface area contributed by atoms with E-state index in [4.69, 9.17) is 4.74 Å². The minimum atomic E-state index is 0.861. The van der Waals surface area contributed by atoms with E-state index in [1.807, 2.05) is 0 Å². The minimum Gasteiger partial charge on any atom is -0.497 e. The minimum absolute atomic E-state index is 0.861. The number of hydrogen-bond acceptors (Lipinski definition) is 2. The molecule has 1 aliphatic heterocycles. The van der Waals surface area contributed by atoms with E-state index in [0.29, 0.717) is 0 Å². The highest BCUT2D eigenvalue weighted by Gasteiger charge is 2.09. The molecule has 0 aromatic heterocycles. The fraction of sp³-hybridized carbons (Fsp3) is 0.692. The SMILES string of the molecule is C1=CCC(OCCN2CCCCC2)=CC1. The van der Waals surface area contributed by atoms with Gasteiger partial charge < -0.3 is 4.74 Å². The molecule has 0 aromatic rings. The molecule has 1 aliphatic carbocycles. The standard InChI is InChI=1S/C13H21NO/c1-3-7-13(8-4-1)15-12-11-14-9-5-2-6-10-14/h1,3,8H,2,4-7,9-12H2. The fourth-order valence-electron chi connectivity index (χ4n) is 2.19. The zero-order valence-corrected chi connectivity index (χ0v) is 9.45. The van der Waals surface area contributed by atoms with E-state index >= 15 is 0 Å². The first-order valence-electron chi connectivity index (χ1n) is 6.14. The van der Waals surface area contributed by atoms with Crippen LogP contribution < -0.4 is 0 Å². The van der Waals surface area contributed by atoms with Crippen LogP contribution in [0.2, 0.25) is 0 Å². The number of allylic oxidation sites excluding steroid dienone is 3. The quantitative estimate of drug-likeness (QED) is 0.657. The van der Waals surface area contributed by atoms with E-state index < -0.39 is 0 Å². The summed E-state index contributed by atoms with van der Waals surface area (Å²) in [6, 6.07) is 0. The summed E-state index contributed by atoms with van der Waals surface area (Å²) in [6.45, 7) is 4.49. The van der Waals surface area contributed by atoms with Crippen molar-refractivity contribution in [3.05, 3.63) is 24.0 Å². The maximum atomic E-state index is 5.75. The van der Waals surface area contributed by atoms with Gasteiger partial charge in [0.2, 0.25) is 0 Å². The van der Waals surface area contributed by atoms with Gasteiger partial charge >= 0.3 is 0 Å². The fourth-order valence-corrected chi connectivity index (χ4v) is 2.19. The van der Waals surface area contributed by atoms with Crippen molar-refractivity contribution in [2.45, 2.75) is 32.1 Å². The van der Waals surface area contributed by atoms with Crippen LogP contribution in [-0.4, -0.2) is 31.1 Å². The van der Waals surface area contributed by atoms with Crippen molar-refractivity contribution < 1.29 is 4.74 Å². The summed E-state index contributed by atoms with van der Waals surface area (Å²) in [6.07, 6.45) is 12.7. The predicted molar refractivity (Wildman–Crippen MR) is 62.7 cm³/mol. The monoisotopic (exact) mass is 207 g/mol. The van der Waals surface area contributed by atoms with Crippen LogP contribution >= 0.6 is 0 Å². The second-order valence-electron chi connectivity index (χ2n) is 4.33. The van der Waals surface area contributed by atoms with Crippen LogP contribution in [0.1, 0.15) is 32.1 Å². The lowest BCUT2D eigenvalue weighted by Crippen LogP contribution is -2.32. The van der Waals surface area contributed by atoms with Gasteiger partial charge in [0.15, 0.2) is 0 Å². The topological polar surface area (TPSA) is 12.5 Å². The lowest BCUT2D eigenvalue weighted by atomic mass is 10.1. The second-order valence-corrected chi connectivity index (χ2v) is 4.33. The third-order valence-corrected chi connectivity index (χ3v) is 3.11. The van der Waals surface area contributed by atoms with Gasteiger partial charge in [0.25, 0.3) is 0 Å². The molecule has 0 atom stereocenters. The van der Waals surface area contributed by atoms with Crippen LogP contribution in [0, 0.1) is 0 Å². The van der Waals surface area contributed by atoms with Gasteiger partial charge in [-0.1, -0.05) is 18.6 Å². The smallest absolute Gasteiger partial charge is 0.100 e. The molecule has 84 valence electrons. The summed E-state index contributed by atoms with van der Waals surface area (Å²) >= 11 is 0. The maximum Gasteiger partial charge on any atom is 0.100 e. The highest BCUT2D eigenvalue weighted by molar-refractivity contribution is 5.09. The van der Waals surface area contributed by atoms with Crippen molar-refractivity contribution in [3.8, 4) is 0 Å². The number of likely N-dealkylation sites (tertiary alicyclic amines) is 1. The van der Waals surface area contributed by atoms with Gasteiger partial charge in [0.05, 0.1) is 5.76 Å². The van der Waals surface area contributed by atoms with Crippen molar-refractivity contribution in [3.63, 3.8) is 0 Å². The number of piperidine rings is 1. The van der Waals surface area contributed by atoms with Gasteiger partial charge in [-0.15, -0.1) is 0 Å². The molecular formula is C13H21NO. The highest BCUT2D eigenvalue weighted by atomic mass is 16.5. The van der Waals surface area contributed by atoms with Crippen molar-refractivity contribution in [2.24, 2.45) is 0 Å². The van der Waals surface area contributed by atoms with Gasteiger partial charge in [-0.3, -0.25) is 4.90 Å². The Kier molecular flexibility index (Phi) is 4.27. The van der Waals surface area contributed by atoms with Crippen molar-refractivity contribution in [1.29, 1.82) is 0 Å². The molecule has 2 aliphatic rings. The number of hydrogen-bond donors (Lipinski definition) is 0. The van der Waals surface area contributed by atoms with Crippen LogP contribution in [0.25, 0.3) is 0 Å². The average Bonchev–Trinajstić information content (AvgIpc) is 2.32. The van der Waals surface area contributed by atoms with E-state index in [-0.39, 0.29) is 0 Å². The van der Waals surface area contributed by atoms with Gasteiger partial charge in [-0.25, -0.2) is 0 Å². The van der Waals surface area contributed by atoms with Crippen molar-refractivity contribution in [2.75, 3.05) is 26.2 Å². The lowest BCUT2D eigenvalue weighted by Gasteiger charge is -2.26. The Balaban J connectivity index is 1.59. The molecule has 2 heteroatoms. The van der Waals surface area contributed by atoms with Crippen molar-refractivity contribution in [1.82, 2.24) is 4.90 Å². The number of nitrogens with zero attached hydrogens (tertiary/aromatic N) is 1. The Morgan fingerprint density at radius 2 is 2.00 bits per heavy atom. The molecule has 0 spiro atoms. The predicted octanol–water partition coefficient (Wildman–Crippen LogP) is 2.72. The molecule has 1 saturated heterocycles. The number of rotatable bonds is 4. The molecule has 0 aromatic carbocycles. The molecule has 2 nitrogen and oxygen atoms in total. The molecule has 0 amide bonds. The molecule has 1 heterocycles. The number of ether oxygens (including phenoxy) is 1. The zero-order chi connectivity index (χ0) is 10.3.